The van der Waals surface area contributed by atoms with Gasteiger partial charge in [-0.25, -0.2) is 0 Å². The molecule has 0 bridgehead atoms. The number of nitrogens with zero attached hydrogens (tertiary/aromatic N) is 1. The smallest absolute Gasteiger partial charge is 0.229 e. The zero-order valence-electron chi connectivity index (χ0n) is 10.7. The van der Waals surface area contributed by atoms with Gasteiger partial charge in [-0.3, -0.25) is 14.5 Å². The van der Waals surface area contributed by atoms with Crippen molar-refractivity contribution < 1.29 is 14.7 Å². The Kier molecular flexibility index (Phi) is 3.02. The van der Waals surface area contributed by atoms with Crippen LogP contribution in [0.4, 0.5) is 0 Å². The number of carbonyl (C=O) groups excluding carboxylic acids is 2. The molecule has 2 rings (SSSR count). The Hall–Kier alpha value is -0.900. The van der Waals surface area contributed by atoms with E-state index >= 15 is 0 Å². The van der Waals surface area contributed by atoms with E-state index < -0.39 is 0 Å². The van der Waals surface area contributed by atoms with Crippen molar-refractivity contribution in [2.45, 2.75) is 46.0 Å². The zero-order chi connectivity index (χ0) is 12.7. The molecule has 0 aromatic rings. The van der Waals surface area contributed by atoms with Gasteiger partial charge >= 0.3 is 0 Å². The van der Waals surface area contributed by atoms with E-state index in [0.717, 1.165) is 12.8 Å². The molecule has 1 saturated heterocycles. The topological polar surface area (TPSA) is 57.6 Å². The van der Waals surface area contributed by atoms with Gasteiger partial charge in [0, 0.05) is 26.0 Å². The molecule has 0 spiro atoms. The van der Waals surface area contributed by atoms with Crippen molar-refractivity contribution in [3.8, 4) is 0 Å². The molecule has 1 saturated carbocycles. The molecule has 0 aromatic heterocycles. The first kappa shape index (κ1) is 12.6. The van der Waals surface area contributed by atoms with E-state index in [2.05, 4.69) is 0 Å². The number of hydrogen-bond donors (Lipinski definition) is 1. The second-order valence-corrected chi connectivity index (χ2v) is 6.36. The van der Waals surface area contributed by atoms with Crippen molar-refractivity contribution in [1.29, 1.82) is 0 Å². The fraction of sp³-hybridized carbons (Fsp3) is 0.846. The number of likely N-dealkylation sites (tertiary alicyclic amines) is 1. The summed E-state index contributed by atoms with van der Waals surface area (Å²) in [4.78, 5) is 25.4. The first-order valence-electron chi connectivity index (χ1n) is 6.32. The second-order valence-electron chi connectivity index (χ2n) is 6.36. The maximum Gasteiger partial charge on any atom is 0.229 e. The SMILES string of the molecule is CC1(C)CC(=O)N(CC2(CCO)CC2)C(=O)C1. The van der Waals surface area contributed by atoms with Gasteiger partial charge in [-0.2, -0.15) is 0 Å². The quantitative estimate of drug-likeness (QED) is 0.753. The monoisotopic (exact) mass is 239 g/mol. The van der Waals surface area contributed by atoms with Crippen molar-refractivity contribution in [2.24, 2.45) is 10.8 Å². The lowest BCUT2D eigenvalue weighted by Gasteiger charge is -2.36. The maximum atomic E-state index is 12.0. The lowest BCUT2D eigenvalue weighted by Crippen LogP contribution is -2.48. The first-order valence-corrected chi connectivity index (χ1v) is 6.32. The second kappa shape index (κ2) is 4.09. The predicted molar refractivity (Wildman–Crippen MR) is 63.1 cm³/mol. The average Bonchev–Trinajstić information content (AvgIpc) is 2.91. The van der Waals surface area contributed by atoms with Gasteiger partial charge < -0.3 is 5.11 Å². The molecule has 1 aliphatic heterocycles. The molecule has 2 aliphatic rings. The van der Waals surface area contributed by atoms with Gasteiger partial charge in [0.2, 0.25) is 11.8 Å². The van der Waals surface area contributed by atoms with E-state index in [1.54, 1.807) is 0 Å². The highest BCUT2D eigenvalue weighted by Gasteiger charge is 2.47. The van der Waals surface area contributed by atoms with Gasteiger partial charge in [0.1, 0.15) is 0 Å². The Labute approximate surface area is 102 Å². The van der Waals surface area contributed by atoms with Crippen LogP contribution in [0.5, 0.6) is 0 Å². The lowest BCUT2D eigenvalue weighted by atomic mass is 9.81. The number of piperidine rings is 1. The average molecular weight is 239 g/mol. The van der Waals surface area contributed by atoms with Crippen molar-refractivity contribution in [3.05, 3.63) is 0 Å². The first-order chi connectivity index (χ1) is 7.87. The summed E-state index contributed by atoms with van der Waals surface area (Å²) in [5.41, 5.74) is -0.167. The third kappa shape index (κ3) is 2.68. The highest BCUT2D eigenvalue weighted by Crippen LogP contribution is 2.50. The van der Waals surface area contributed by atoms with Crippen LogP contribution < -0.4 is 0 Å². The van der Waals surface area contributed by atoms with Crippen LogP contribution in [0.2, 0.25) is 0 Å². The Morgan fingerprint density at radius 3 is 2.12 bits per heavy atom. The summed E-state index contributed by atoms with van der Waals surface area (Å²) in [6, 6.07) is 0. The fourth-order valence-electron chi connectivity index (χ4n) is 2.62. The minimum absolute atomic E-state index is 0.0293. The summed E-state index contributed by atoms with van der Waals surface area (Å²) in [5.74, 6) is -0.0917. The van der Waals surface area contributed by atoms with Crippen LogP contribution in [0.1, 0.15) is 46.0 Å². The number of aliphatic hydroxyl groups is 1. The van der Waals surface area contributed by atoms with Crippen LogP contribution in [0.25, 0.3) is 0 Å². The fourth-order valence-corrected chi connectivity index (χ4v) is 2.62. The molecule has 0 radical (unpaired) electrons. The van der Waals surface area contributed by atoms with Gasteiger partial charge in [-0.15, -0.1) is 0 Å². The van der Waals surface area contributed by atoms with E-state index in [1.807, 2.05) is 13.8 Å². The van der Waals surface area contributed by atoms with E-state index in [-0.39, 0.29) is 29.3 Å². The Morgan fingerprint density at radius 2 is 1.71 bits per heavy atom. The molecule has 1 heterocycles. The summed E-state index contributed by atoms with van der Waals surface area (Å²) in [6.45, 7) is 4.57. The number of rotatable bonds is 4. The van der Waals surface area contributed by atoms with Crippen LogP contribution in [0.3, 0.4) is 0 Å². The highest BCUT2D eigenvalue weighted by atomic mass is 16.3. The van der Waals surface area contributed by atoms with Crippen LogP contribution in [-0.2, 0) is 9.59 Å². The number of carbonyl (C=O) groups is 2. The third-order valence-electron chi connectivity index (χ3n) is 3.95. The predicted octanol–water partition coefficient (Wildman–Crippen LogP) is 1.32. The molecule has 0 unspecified atom stereocenters. The number of imide groups is 1. The van der Waals surface area contributed by atoms with Gasteiger partial charge in [0.05, 0.1) is 0 Å². The molecule has 1 aliphatic carbocycles. The molecule has 2 fully saturated rings. The summed E-state index contributed by atoms with van der Waals surface area (Å²) >= 11 is 0. The maximum absolute atomic E-state index is 12.0. The van der Waals surface area contributed by atoms with Gasteiger partial charge in [0.15, 0.2) is 0 Å². The highest BCUT2D eigenvalue weighted by molar-refractivity contribution is 5.98. The van der Waals surface area contributed by atoms with Gasteiger partial charge in [-0.05, 0) is 30.1 Å². The Bertz CT molecular complexity index is 325. The van der Waals surface area contributed by atoms with Crippen molar-refractivity contribution >= 4 is 11.8 Å². The van der Waals surface area contributed by atoms with Crippen LogP contribution >= 0.6 is 0 Å². The van der Waals surface area contributed by atoms with Gasteiger partial charge in [-0.1, -0.05) is 13.8 Å². The lowest BCUT2D eigenvalue weighted by molar-refractivity contribution is -0.153. The summed E-state index contributed by atoms with van der Waals surface area (Å²) in [5, 5.41) is 9.00. The number of amides is 2. The third-order valence-corrected chi connectivity index (χ3v) is 3.95. The minimum atomic E-state index is -0.196. The molecule has 4 nitrogen and oxygen atoms in total. The molecule has 1 N–H and O–H groups in total. The molecule has 96 valence electrons. The molecule has 17 heavy (non-hydrogen) atoms. The zero-order valence-corrected chi connectivity index (χ0v) is 10.7. The van der Waals surface area contributed by atoms with Crippen LogP contribution in [-0.4, -0.2) is 35.0 Å². The molecular weight excluding hydrogens is 218 g/mol. The summed E-state index contributed by atoms with van der Waals surface area (Å²) < 4.78 is 0. The van der Waals surface area contributed by atoms with Crippen molar-refractivity contribution in [2.75, 3.05) is 13.2 Å². The normalized spacial score (nSPS) is 26.2. The Balaban J connectivity index is 2.02. The standard InChI is InChI=1S/C13H21NO3/c1-12(2)7-10(16)14(11(17)8-12)9-13(3-4-13)5-6-15/h15H,3-9H2,1-2H3. The number of hydrogen-bond acceptors (Lipinski definition) is 3. The summed E-state index contributed by atoms with van der Waals surface area (Å²) in [7, 11) is 0. The molecule has 0 aromatic carbocycles. The molecule has 4 heteroatoms. The van der Waals surface area contributed by atoms with E-state index in [0.29, 0.717) is 25.8 Å². The minimum Gasteiger partial charge on any atom is -0.396 e. The van der Waals surface area contributed by atoms with E-state index in [9.17, 15) is 9.59 Å². The van der Waals surface area contributed by atoms with E-state index in [4.69, 9.17) is 5.11 Å². The van der Waals surface area contributed by atoms with Gasteiger partial charge in [0.25, 0.3) is 0 Å². The van der Waals surface area contributed by atoms with Crippen LogP contribution in [0, 0.1) is 10.8 Å². The largest absolute Gasteiger partial charge is 0.396 e. The number of aliphatic hydroxyl groups excluding tert-OH is 1. The summed E-state index contributed by atoms with van der Waals surface area (Å²) in [6.07, 6.45) is 3.65. The molecular formula is C13H21NO3. The van der Waals surface area contributed by atoms with Crippen LogP contribution in [0.15, 0.2) is 0 Å². The van der Waals surface area contributed by atoms with Crippen molar-refractivity contribution in [3.63, 3.8) is 0 Å². The molecule has 0 atom stereocenters. The Morgan fingerprint density at radius 1 is 1.18 bits per heavy atom. The molecule has 2 amide bonds. The van der Waals surface area contributed by atoms with Crippen molar-refractivity contribution in [1.82, 2.24) is 4.90 Å². The van der Waals surface area contributed by atoms with E-state index in [1.165, 1.54) is 4.90 Å².